The van der Waals surface area contributed by atoms with Gasteiger partial charge in [-0.25, -0.2) is 0 Å². The Morgan fingerprint density at radius 3 is 2.26 bits per heavy atom. The van der Waals surface area contributed by atoms with Crippen LogP contribution in [0.1, 0.15) is 78.6 Å². The lowest BCUT2D eigenvalue weighted by Crippen LogP contribution is -2.64. The number of fused-ring (bicyclic) bond motifs is 5. The Hall–Kier alpha value is -1.18. The fourth-order valence-electron chi connectivity index (χ4n) is 9.25. The van der Waals surface area contributed by atoms with Gasteiger partial charge in [-0.15, -0.1) is 0 Å². The maximum Gasteiger partial charge on any atom is 0.323 e. The van der Waals surface area contributed by atoms with E-state index in [1.54, 1.807) is 7.05 Å². The molecule has 4 N–H and O–H groups in total. The van der Waals surface area contributed by atoms with Crippen molar-refractivity contribution in [2.45, 2.75) is 96.9 Å². The quantitative estimate of drug-likeness (QED) is 0.465. The predicted molar refractivity (Wildman–Crippen MR) is 128 cm³/mol. The van der Waals surface area contributed by atoms with Gasteiger partial charge in [-0.2, -0.15) is 0 Å². The molecule has 0 radical (unpaired) electrons. The number of hydrogen-bond acceptors (Lipinski definition) is 5. The molecule has 0 bridgehead atoms. The van der Waals surface area contributed by atoms with Gasteiger partial charge in [0.1, 0.15) is 6.54 Å². The highest BCUT2D eigenvalue weighted by atomic mass is 16.4. The topological polar surface area (TPSA) is 118 Å². The summed E-state index contributed by atoms with van der Waals surface area (Å²) in [5.74, 6) is 0.463. The fourth-order valence-corrected chi connectivity index (χ4v) is 9.25. The van der Waals surface area contributed by atoms with Crippen LogP contribution in [-0.2, 0) is 9.59 Å². The first-order valence-corrected chi connectivity index (χ1v) is 13.4. The van der Waals surface area contributed by atoms with Gasteiger partial charge in [0.05, 0.1) is 18.3 Å². The number of nitrogens with zero attached hydrogens (tertiary/aromatic N) is 1. The predicted octanol–water partition coefficient (Wildman–Crippen LogP) is 2.91. The van der Waals surface area contributed by atoms with E-state index in [1.807, 2.05) is 0 Å². The number of carboxylic acids is 1. The molecule has 4 aliphatic rings. The standard InChI is InChI=1S/C27H45NO6/c1-15(5-8-21(30)28(4)14-22(31)32)17-6-7-18-23-19(10-12-26(17,18)2)27(3)11-9-16(29)13-20(27)24(33)25(23)34/h15-20,23-25,29,33-34H,5-14H2,1-4H3,(H,31,32)/t15-,16-,17-,18?,19?,20?,23?,24-,25?,26-,27-/m1/s1. The average molecular weight is 480 g/mol. The third-order valence-corrected chi connectivity index (χ3v) is 11.1. The van der Waals surface area contributed by atoms with Crippen molar-refractivity contribution in [2.24, 2.45) is 46.3 Å². The Bertz CT molecular complexity index is 789. The Balaban J connectivity index is 1.47. The summed E-state index contributed by atoms with van der Waals surface area (Å²) in [6, 6.07) is 0. The van der Waals surface area contributed by atoms with Crippen LogP contribution in [0.15, 0.2) is 0 Å². The SMILES string of the molecule is C[C@H](CCC(=O)N(C)CC(=O)O)[C@H]1CCC2C3C(O)[C@H](O)C4C[C@H](O)CC[C@]4(C)C3CC[C@@]21C. The molecule has 5 unspecified atom stereocenters. The molecule has 0 aromatic carbocycles. The summed E-state index contributed by atoms with van der Waals surface area (Å²) in [5.41, 5.74) is 0.0450. The minimum atomic E-state index is -0.997. The van der Waals surface area contributed by atoms with Crippen molar-refractivity contribution >= 4 is 11.9 Å². The van der Waals surface area contributed by atoms with Crippen LogP contribution < -0.4 is 0 Å². The number of carbonyl (C=O) groups is 2. The third-order valence-electron chi connectivity index (χ3n) is 11.1. The lowest BCUT2D eigenvalue weighted by molar-refractivity contribution is -0.223. The number of aliphatic hydroxyl groups excluding tert-OH is 3. The molecule has 4 rings (SSSR count). The molecular weight excluding hydrogens is 434 g/mol. The highest BCUT2D eigenvalue weighted by Gasteiger charge is 2.65. The van der Waals surface area contributed by atoms with Gasteiger partial charge < -0.3 is 25.3 Å². The number of amides is 1. The van der Waals surface area contributed by atoms with Crippen molar-refractivity contribution in [3.8, 4) is 0 Å². The number of likely N-dealkylation sites (N-methyl/N-ethyl adjacent to an activating group) is 1. The highest BCUT2D eigenvalue weighted by Crippen LogP contribution is 2.68. The summed E-state index contributed by atoms with van der Waals surface area (Å²) in [4.78, 5) is 24.6. The number of rotatable bonds is 6. The molecule has 0 heterocycles. The van der Waals surface area contributed by atoms with E-state index < -0.39 is 18.2 Å². The molecule has 1 amide bonds. The summed E-state index contributed by atoms with van der Waals surface area (Å²) >= 11 is 0. The van der Waals surface area contributed by atoms with Crippen molar-refractivity contribution in [3.05, 3.63) is 0 Å². The Morgan fingerprint density at radius 2 is 1.59 bits per heavy atom. The van der Waals surface area contributed by atoms with Gasteiger partial charge >= 0.3 is 5.97 Å². The van der Waals surface area contributed by atoms with Crippen LogP contribution in [0.2, 0.25) is 0 Å². The minimum Gasteiger partial charge on any atom is -0.480 e. The Kier molecular flexibility index (Phi) is 7.13. The molecule has 4 fully saturated rings. The van der Waals surface area contributed by atoms with Gasteiger partial charge in [-0.1, -0.05) is 20.8 Å². The second kappa shape index (κ2) is 9.36. The van der Waals surface area contributed by atoms with Gasteiger partial charge in [0, 0.05) is 13.5 Å². The monoisotopic (exact) mass is 479 g/mol. The lowest BCUT2D eigenvalue weighted by atomic mass is 9.43. The number of aliphatic hydroxyl groups is 3. The number of aliphatic carboxylic acids is 1. The van der Waals surface area contributed by atoms with E-state index >= 15 is 0 Å². The average Bonchev–Trinajstić information content (AvgIpc) is 3.13. The van der Waals surface area contributed by atoms with E-state index in [0.717, 1.165) is 44.9 Å². The van der Waals surface area contributed by atoms with E-state index in [-0.39, 0.29) is 41.2 Å². The largest absolute Gasteiger partial charge is 0.480 e. The molecule has 4 saturated carbocycles. The first-order chi connectivity index (χ1) is 15.9. The number of carboxylic acid groups (broad SMARTS) is 1. The first-order valence-electron chi connectivity index (χ1n) is 13.4. The molecule has 0 aromatic heterocycles. The van der Waals surface area contributed by atoms with E-state index in [1.165, 1.54) is 4.90 Å². The zero-order valence-electron chi connectivity index (χ0n) is 21.3. The minimum absolute atomic E-state index is 0.0330. The van der Waals surface area contributed by atoms with Crippen LogP contribution in [-0.4, -0.2) is 69.1 Å². The molecule has 0 aromatic rings. The molecule has 7 nitrogen and oxygen atoms in total. The molecule has 7 heteroatoms. The van der Waals surface area contributed by atoms with Crippen molar-refractivity contribution in [1.29, 1.82) is 0 Å². The van der Waals surface area contributed by atoms with Crippen molar-refractivity contribution in [2.75, 3.05) is 13.6 Å². The molecule has 194 valence electrons. The third kappa shape index (κ3) is 4.20. The molecule has 0 aliphatic heterocycles. The van der Waals surface area contributed by atoms with E-state index in [0.29, 0.717) is 36.5 Å². The van der Waals surface area contributed by atoms with Crippen LogP contribution in [0.4, 0.5) is 0 Å². The van der Waals surface area contributed by atoms with Crippen LogP contribution >= 0.6 is 0 Å². The molecule has 11 atom stereocenters. The van der Waals surface area contributed by atoms with Gasteiger partial charge in [0.2, 0.25) is 5.91 Å². The van der Waals surface area contributed by atoms with Crippen LogP contribution in [0.3, 0.4) is 0 Å². The van der Waals surface area contributed by atoms with Crippen LogP contribution in [0.25, 0.3) is 0 Å². The Labute approximate surface area is 203 Å². The van der Waals surface area contributed by atoms with Gasteiger partial charge in [-0.05, 0) is 97.7 Å². The summed E-state index contributed by atoms with van der Waals surface area (Å²) in [6.07, 6.45) is 5.78. The maximum absolute atomic E-state index is 12.4. The number of hydrogen-bond donors (Lipinski definition) is 4. The molecule has 0 saturated heterocycles. The van der Waals surface area contributed by atoms with Crippen LogP contribution in [0.5, 0.6) is 0 Å². The summed E-state index contributed by atoms with van der Waals surface area (Å²) in [7, 11) is 1.54. The van der Waals surface area contributed by atoms with E-state index in [2.05, 4.69) is 20.8 Å². The van der Waals surface area contributed by atoms with Gasteiger partial charge in [-0.3, -0.25) is 9.59 Å². The molecule has 0 spiro atoms. The van der Waals surface area contributed by atoms with Crippen LogP contribution in [0, 0.1) is 46.3 Å². The highest BCUT2D eigenvalue weighted by molar-refractivity contribution is 5.80. The van der Waals surface area contributed by atoms with Gasteiger partial charge in [0.15, 0.2) is 0 Å². The molecule has 4 aliphatic carbocycles. The first kappa shape index (κ1) is 25.9. The van der Waals surface area contributed by atoms with Crippen molar-refractivity contribution < 1.29 is 30.0 Å². The van der Waals surface area contributed by atoms with Crippen molar-refractivity contribution in [3.63, 3.8) is 0 Å². The van der Waals surface area contributed by atoms with Crippen molar-refractivity contribution in [1.82, 2.24) is 4.90 Å². The maximum atomic E-state index is 12.4. The fraction of sp³-hybridized carbons (Fsp3) is 0.926. The second-order valence-corrected chi connectivity index (χ2v) is 12.7. The summed E-state index contributed by atoms with van der Waals surface area (Å²) in [6.45, 7) is 6.63. The smallest absolute Gasteiger partial charge is 0.323 e. The molecular formula is C27H45NO6. The Morgan fingerprint density at radius 1 is 0.941 bits per heavy atom. The second-order valence-electron chi connectivity index (χ2n) is 12.7. The summed E-state index contributed by atoms with van der Waals surface area (Å²) < 4.78 is 0. The summed E-state index contributed by atoms with van der Waals surface area (Å²) in [5, 5.41) is 41.8. The van der Waals surface area contributed by atoms with E-state index in [9.17, 15) is 24.9 Å². The van der Waals surface area contributed by atoms with E-state index in [4.69, 9.17) is 5.11 Å². The zero-order chi connectivity index (χ0) is 25.0. The zero-order valence-corrected chi connectivity index (χ0v) is 21.3. The molecule has 34 heavy (non-hydrogen) atoms. The normalized spacial score (nSPS) is 46.7. The lowest BCUT2D eigenvalue weighted by Gasteiger charge is -2.63. The number of carbonyl (C=O) groups excluding carboxylic acids is 1. The van der Waals surface area contributed by atoms with Gasteiger partial charge in [0.25, 0.3) is 0 Å².